The summed E-state index contributed by atoms with van der Waals surface area (Å²) in [6.07, 6.45) is 1.82. The third-order valence-corrected chi connectivity index (χ3v) is 8.29. The van der Waals surface area contributed by atoms with E-state index in [2.05, 4.69) is 5.10 Å². The molecule has 1 aliphatic heterocycles. The predicted molar refractivity (Wildman–Crippen MR) is 129 cm³/mol. The van der Waals surface area contributed by atoms with Crippen LogP contribution < -0.4 is 4.80 Å². The van der Waals surface area contributed by atoms with Gasteiger partial charge in [0.1, 0.15) is 0 Å². The molecule has 1 saturated heterocycles. The zero-order valence-corrected chi connectivity index (χ0v) is 20.3. The number of halogens is 1. The molecule has 1 amide bonds. The Kier molecular flexibility index (Phi) is 7.38. The number of nitrogens with zero attached hydrogens (tertiary/aromatic N) is 4. The molecule has 0 radical (unpaired) electrons. The van der Waals surface area contributed by atoms with E-state index in [1.165, 1.54) is 11.3 Å². The van der Waals surface area contributed by atoms with E-state index < -0.39 is 9.84 Å². The lowest BCUT2D eigenvalue weighted by Crippen LogP contribution is -2.47. The Morgan fingerprint density at radius 1 is 1.09 bits per heavy atom. The first kappa shape index (κ1) is 23.7. The quantitative estimate of drug-likeness (QED) is 0.527. The Morgan fingerprint density at radius 2 is 1.82 bits per heavy atom. The Balaban J connectivity index is 1.33. The van der Waals surface area contributed by atoms with E-state index in [-0.39, 0.29) is 29.6 Å². The molecule has 33 heavy (non-hydrogen) atoms. The molecule has 11 heteroatoms. The van der Waals surface area contributed by atoms with Crippen molar-refractivity contribution >= 4 is 49.5 Å². The van der Waals surface area contributed by atoms with Crippen LogP contribution in [0.1, 0.15) is 6.42 Å². The number of aromatic nitrogens is 1. The van der Waals surface area contributed by atoms with Crippen molar-refractivity contribution in [3.05, 3.63) is 57.8 Å². The van der Waals surface area contributed by atoms with Gasteiger partial charge in [0, 0.05) is 42.7 Å². The van der Waals surface area contributed by atoms with Crippen molar-refractivity contribution in [3.8, 4) is 0 Å². The van der Waals surface area contributed by atoms with Gasteiger partial charge in [-0.15, -0.1) is 16.4 Å². The zero-order chi connectivity index (χ0) is 23.4. The number of piperazine rings is 1. The van der Waals surface area contributed by atoms with Crippen LogP contribution in [0.5, 0.6) is 0 Å². The molecule has 1 N–H and O–H groups in total. The summed E-state index contributed by atoms with van der Waals surface area (Å²) in [4.78, 5) is 15.4. The van der Waals surface area contributed by atoms with Gasteiger partial charge in [-0.1, -0.05) is 23.7 Å². The number of fused-ring (bicyclic) bond motifs is 1. The van der Waals surface area contributed by atoms with Crippen LogP contribution in [0, 0.1) is 0 Å². The van der Waals surface area contributed by atoms with E-state index in [1.54, 1.807) is 41.3 Å². The molecule has 0 atom stereocenters. The number of thiazole rings is 1. The third-order valence-electron chi connectivity index (χ3n) is 5.55. The van der Waals surface area contributed by atoms with Crippen molar-refractivity contribution in [3.63, 3.8) is 0 Å². The van der Waals surface area contributed by atoms with E-state index >= 15 is 0 Å². The monoisotopic (exact) mass is 508 g/mol. The fraction of sp³-hybridized carbons (Fsp3) is 0.364. The smallest absolute Gasteiger partial charge is 0.223 e. The molecule has 0 saturated carbocycles. The van der Waals surface area contributed by atoms with E-state index in [4.69, 9.17) is 16.7 Å². The van der Waals surface area contributed by atoms with Gasteiger partial charge in [0.15, 0.2) is 9.84 Å². The molecule has 1 aliphatic rings. The SMILES string of the molecule is O=C(CCS(=O)(=O)c1ccc2cc(Cl)ccc2c1)N1CCN(N=c2sccn2CCO)CC1. The summed E-state index contributed by atoms with van der Waals surface area (Å²) in [5.74, 6) is -0.399. The molecule has 1 aromatic heterocycles. The van der Waals surface area contributed by atoms with Crippen LogP contribution >= 0.6 is 22.9 Å². The first-order valence-corrected chi connectivity index (χ1v) is 13.5. The molecule has 0 bridgehead atoms. The average Bonchev–Trinajstić information content (AvgIpc) is 3.24. The molecule has 0 spiro atoms. The third kappa shape index (κ3) is 5.75. The Morgan fingerprint density at radius 3 is 2.58 bits per heavy atom. The molecular formula is C22H25ClN4O4S2. The Labute approximate surface area is 201 Å². The molecule has 3 aromatic rings. The highest BCUT2D eigenvalue weighted by atomic mass is 35.5. The minimum Gasteiger partial charge on any atom is -0.395 e. The van der Waals surface area contributed by atoms with Gasteiger partial charge in [-0.05, 0) is 35.0 Å². The zero-order valence-electron chi connectivity index (χ0n) is 17.9. The highest BCUT2D eigenvalue weighted by molar-refractivity contribution is 7.91. The van der Waals surface area contributed by atoms with Crippen molar-refractivity contribution in [1.29, 1.82) is 0 Å². The van der Waals surface area contributed by atoms with Gasteiger partial charge in [-0.25, -0.2) is 8.42 Å². The highest BCUT2D eigenvalue weighted by Gasteiger charge is 2.23. The van der Waals surface area contributed by atoms with Gasteiger partial charge in [-0.3, -0.25) is 9.80 Å². The number of carbonyl (C=O) groups excluding carboxylic acids is 1. The van der Waals surface area contributed by atoms with Gasteiger partial charge in [0.2, 0.25) is 10.7 Å². The number of hydrogen-bond acceptors (Lipinski definition) is 7. The van der Waals surface area contributed by atoms with Crippen molar-refractivity contribution in [2.75, 3.05) is 38.5 Å². The number of aliphatic hydroxyl groups excluding tert-OH is 1. The first-order valence-electron chi connectivity index (χ1n) is 10.6. The Hall–Kier alpha value is -2.40. The molecule has 2 aromatic carbocycles. The van der Waals surface area contributed by atoms with Crippen LogP contribution in [0.2, 0.25) is 5.02 Å². The van der Waals surface area contributed by atoms with Crippen molar-refractivity contribution in [1.82, 2.24) is 14.5 Å². The number of hydrogen-bond donors (Lipinski definition) is 1. The van der Waals surface area contributed by atoms with Crippen LogP contribution in [-0.4, -0.2) is 72.4 Å². The fourth-order valence-electron chi connectivity index (χ4n) is 3.71. The van der Waals surface area contributed by atoms with Gasteiger partial charge >= 0.3 is 0 Å². The van der Waals surface area contributed by atoms with Crippen molar-refractivity contribution in [2.45, 2.75) is 17.9 Å². The maximum absolute atomic E-state index is 12.8. The number of benzene rings is 2. The topological polar surface area (TPSA) is 95.2 Å². The second kappa shape index (κ2) is 10.3. The molecule has 8 nitrogen and oxygen atoms in total. The van der Waals surface area contributed by atoms with Crippen molar-refractivity contribution in [2.24, 2.45) is 5.10 Å². The molecule has 4 rings (SSSR count). The largest absolute Gasteiger partial charge is 0.395 e. The first-order chi connectivity index (χ1) is 15.9. The van der Waals surface area contributed by atoms with E-state index in [9.17, 15) is 13.2 Å². The van der Waals surface area contributed by atoms with Gasteiger partial charge < -0.3 is 14.6 Å². The normalized spacial score (nSPS) is 15.4. The van der Waals surface area contributed by atoms with Crippen molar-refractivity contribution < 1.29 is 18.3 Å². The molecule has 2 heterocycles. The molecule has 0 aliphatic carbocycles. The summed E-state index contributed by atoms with van der Waals surface area (Å²) >= 11 is 7.48. The summed E-state index contributed by atoms with van der Waals surface area (Å²) in [5.41, 5.74) is 0. The van der Waals surface area contributed by atoms with E-state index in [0.29, 0.717) is 37.7 Å². The summed E-state index contributed by atoms with van der Waals surface area (Å²) < 4.78 is 27.5. The number of amides is 1. The molecule has 0 unspecified atom stereocenters. The lowest BCUT2D eigenvalue weighted by atomic mass is 10.1. The second-order valence-corrected chi connectivity index (χ2v) is 11.2. The summed E-state index contributed by atoms with van der Waals surface area (Å²) in [7, 11) is -3.58. The van der Waals surface area contributed by atoms with E-state index in [1.807, 2.05) is 21.2 Å². The molecular weight excluding hydrogens is 484 g/mol. The number of rotatable bonds is 7. The van der Waals surface area contributed by atoms with Gasteiger partial charge in [0.05, 0.1) is 30.3 Å². The number of carbonyl (C=O) groups is 1. The maximum Gasteiger partial charge on any atom is 0.223 e. The Bertz CT molecular complexity index is 1310. The van der Waals surface area contributed by atoms with Crippen LogP contribution in [0.4, 0.5) is 0 Å². The highest BCUT2D eigenvalue weighted by Crippen LogP contribution is 2.23. The predicted octanol–water partition coefficient (Wildman–Crippen LogP) is 2.17. The summed E-state index contributed by atoms with van der Waals surface area (Å²) in [5, 5.41) is 19.8. The molecule has 1 fully saturated rings. The van der Waals surface area contributed by atoms with Crippen LogP contribution in [0.15, 0.2) is 58.0 Å². The standard InChI is InChI=1S/C22H25ClN4O4S2/c23-19-3-1-18-16-20(4-2-17(18)15-19)33(30,31)14-5-21(29)25-6-8-27(9-7-25)24-22-26(10-12-28)11-13-32-22/h1-4,11,13,15-16,28H,5-10,12,14H2. The lowest BCUT2D eigenvalue weighted by Gasteiger charge is -2.33. The van der Waals surface area contributed by atoms with Crippen LogP contribution in [0.3, 0.4) is 0 Å². The van der Waals surface area contributed by atoms with E-state index in [0.717, 1.165) is 15.6 Å². The van der Waals surface area contributed by atoms with Crippen LogP contribution in [-0.2, 0) is 21.2 Å². The molecule has 176 valence electrons. The summed E-state index contributed by atoms with van der Waals surface area (Å²) in [6, 6.07) is 10.2. The fourth-order valence-corrected chi connectivity index (χ4v) is 5.93. The number of aliphatic hydroxyl groups is 1. The van der Waals surface area contributed by atoms with Gasteiger partial charge in [0.25, 0.3) is 0 Å². The average molecular weight is 509 g/mol. The minimum atomic E-state index is -3.58. The minimum absolute atomic E-state index is 0.0443. The summed E-state index contributed by atoms with van der Waals surface area (Å²) in [6.45, 7) is 2.66. The second-order valence-electron chi connectivity index (χ2n) is 7.76. The van der Waals surface area contributed by atoms with Crippen LogP contribution in [0.25, 0.3) is 10.8 Å². The number of sulfone groups is 1. The lowest BCUT2D eigenvalue weighted by molar-refractivity contribution is -0.132. The van der Waals surface area contributed by atoms with Gasteiger partial charge in [-0.2, -0.15) is 0 Å². The maximum atomic E-state index is 12.8.